The molecule has 1 aromatic heterocycles. The van der Waals surface area contributed by atoms with E-state index < -0.39 is 5.97 Å². The number of nitrogens with zero attached hydrogens (tertiary/aromatic N) is 1. The van der Waals surface area contributed by atoms with E-state index in [9.17, 15) is 14.3 Å². The Morgan fingerprint density at radius 2 is 1.85 bits per heavy atom. The van der Waals surface area contributed by atoms with Crippen LogP contribution >= 0.6 is 0 Å². The number of oxazole rings is 1. The van der Waals surface area contributed by atoms with Gasteiger partial charge >= 0.3 is 5.97 Å². The number of aromatic carboxylic acids is 1. The second kappa shape index (κ2) is 10.3. The van der Waals surface area contributed by atoms with Gasteiger partial charge in [-0.1, -0.05) is 24.3 Å². The molecule has 33 heavy (non-hydrogen) atoms. The van der Waals surface area contributed by atoms with Gasteiger partial charge in [-0.15, -0.1) is 0 Å². The molecule has 1 aliphatic carbocycles. The smallest absolute Gasteiger partial charge is 0.336 e. The second-order valence-electron chi connectivity index (χ2n) is 8.48. The van der Waals surface area contributed by atoms with Crippen LogP contribution in [-0.4, -0.2) is 28.3 Å². The minimum atomic E-state index is -0.933. The van der Waals surface area contributed by atoms with E-state index in [0.717, 1.165) is 31.2 Å². The Morgan fingerprint density at radius 1 is 1.12 bits per heavy atom. The summed E-state index contributed by atoms with van der Waals surface area (Å²) in [4.78, 5) is 16.1. The van der Waals surface area contributed by atoms with E-state index in [1.807, 2.05) is 13.0 Å². The Kier molecular flexibility index (Phi) is 7.20. The zero-order valence-electron chi connectivity index (χ0n) is 18.8. The average molecular weight is 454 g/mol. The van der Waals surface area contributed by atoms with E-state index in [-0.39, 0.29) is 24.6 Å². The number of benzene rings is 2. The molecule has 0 radical (unpaired) electrons. The Hall–Kier alpha value is -3.03. The van der Waals surface area contributed by atoms with Crippen LogP contribution in [0.25, 0.3) is 11.5 Å². The Labute approximate surface area is 192 Å². The number of carboxylic acids is 1. The van der Waals surface area contributed by atoms with E-state index in [0.29, 0.717) is 40.6 Å². The maximum absolute atomic E-state index is 13.5. The molecular formula is C26H28FNO5. The molecule has 3 aromatic rings. The zero-order chi connectivity index (χ0) is 23.4. The molecular weight excluding hydrogens is 425 g/mol. The molecule has 0 bridgehead atoms. The first kappa shape index (κ1) is 23.1. The van der Waals surface area contributed by atoms with Crippen LogP contribution in [0.2, 0.25) is 0 Å². The van der Waals surface area contributed by atoms with E-state index >= 15 is 0 Å². The predicted molar refractivity (Wildman–Crippen MR) is 120 cm³/mol. The van der Waals surface area contributed by atoms with Crippen LogP contribution in [0.1, 0.15) is 58.6 Å². The molecule has 1 fully saturated rings. The molecule has 0 saturated heterocycles. The quantitative estimate of drug-likeness (QED) is 0.461. The van der Waals surface area contributed by atoms with Gasteiger partial charge in [0.2, 0.25) is 5.89 Å². The summed E-state index contributed by atoms with van der Waals surface area (Å²) in [6, 6.07) is 11.6. The van der Waals surface area contributed by atoms with E-state index in [1.54, 1.807) is 31.2 Å². The summed E-state index contributed by atoms with van der Waals surface area (Å²) in [5, 5.41) is 9.51. The molecule has 2 aromatic carbocycles. The van der Waals surface area contributed by atoms with Crippen molar-refractivity contribution >= 4 is 5.97 Å². The summed E-state index contributed by atoms with van der Waals surface area (Å²) < 4.78 is 31.4. The van der Waals surface area contributed by atoms with E-state index in [2.05, 4.69) is 4.98 Å². The predicted octanol–water partition coefficient (Wildman–Crippen LogP) is 5.84. The van der Waals surface area contributed by atoms with Gasteiger partial charge in [-0.2, -0.15) is 0 Å². The van der Waals surface area contributed by atoms with E-state index in [4.69, 9.17) is 13.9 Å². The van der Waals surface area contributed by atoms with Crippen molar-refractivity contribution in [2.45, 2.75) is 65.0 Å². The lowest BCUT2D eigenvalue weighted by Crippen LogP contribution is -2.28. The van der Waals surface area contributed by atoms with Crippen molar-refractivity contribution in [3.05, 3.63) is 76.4 Å². The molecule has 2 atom stereocenters. The number of ether oxygens (including phenoxy) is 2. The molecule has 1 N–H and O–H groups in total. The van der Waals surface area contributed by atoms with Crippen molar-refractivity contribution in [3.8, 4) is 11.5 Å². The summed E-state index contributed by atoms with van der Waals surface area (Å²) in [6.45, 7) is 4.19. The van der Waals surface area contributed by atoms with Crippen LogP contribution in [0.5, 0.6) is 0 Å². The molecule has 7 heteroatoms. The van der Waals surface area contributed by atoms with Crippen molar-refractivity contribution < 1.29 is 28.2 Å². The standard InChI is InChI=1S/C26H28FNO5/c1-16-6-3-8-19(24(16)26(29)30)14-31-21-10-5-11-22(13-21)32-15-23-17(2)33-25(28-23)18-7-4-9-20(27)12-18/h3-4,6-9,12,21-22H,5,10-11,13-15H2,1-2H3,(H,29,30)/t21-,22+/m1/s1. The van der Waals surface area contributed by atoms with Crippen LogP contribution < -0.4 is 0 Å². The summed E-state index contributed by atoms with van der Waals surface area (Å²) >= 11 is 0. The normalized spacial score (nSPS) is 18.4. The van der Waals surface area contributed by atoms with Crippen LogP contribution in [0, 0.1) is 19.7 Å². The zero-order valence-corrected chi connectivity index (χ0v) is 18.8. The number of aromatic nitrogens is 1. The van der Waals surface area contributed by atoms with Crippen LogP contribution in [0.4, 0.5) is 4.39 Å². The van der Waals surface area contributed by atoms with Crippen molar-refractivity contribution in [1.82, 2.24) is 4.98 Å². The number of hydrogen-bond acceptors (Lipinski definition) is 5. The maximum atomic E-state index is 13.5. The van der Waals surface area contributed by atoms with Gasteiger partial charge in [0.25, 0.3) is 0 Å². The van der Waals surface area contributed by atoms with Crippen LogP contribution in [-0.2, 0) is 22.7 Å². The van der Waals surface area contributed by atoms with E-state index in [1.165, 1.54) is 12.1 Å². The third kappa shape index (κ3) is 5.67. The number of hydrogen-bond donors (Lipinski definition) is 1. The Balaban J connectivity index is 1.33. The third-order valence-electron chi connectivity index (χ3n) is 6.05. The van der Waals surface area contributed by atoms with Crippen LogP contribution in [0.15, 0.2) is 46.9 Å². The van der Waals surface area contributed by atoms with Gasteiger partial charge in [-0.25, -0.2) is 14.2 Å². The lowest BCUT2D eigenvalue weighted by atomic mass is 9.94. The monoisotopic (exact) mass is 453 g/mol. The van der Waals surface area contributed by atoms with Gasteiger partial charge in [0.1, 0.15) is 17.3 Å². The number of aryl methyl sites for hydroxylation is 2. The molecule has 0 aliphatic heterocycles. The average Bonchev–Trinajstić information content (AvgIpc) is 3.17. The minimum Gasteiger partial charge on any atom is -0.478 e. The number of halogens is 1. The second-order valence-corrected chi connectivity index (χ2v) is 8.48. The number of rotatable bonds is 8. The molecule has 6 nitrogen and oxygen atoms in total. The highest BCUT2D eigenvalue weighted by Gasteiger charge is 2.25. The fourth-order valence-electron chi connectivity index (χ4n) is 4.27. The van der Waals surface area contributed by atoms with Crippen molar-refractivity contribution in [2.75, 3.05) is 0 Å². The van der Waals surface area contributed by atoms with Gasteiger partial charge in [0.05, 0.1) is 31.0 Å². The molecule has 1 aliphatic rings. The minimum absolute atomic E-state index is 0.00664. The number of carboxylic acid groups (broad SMARTS) is 1. The fraction of sp³-hybridized carbons (Fsp3) is 0.385. The van der Waals surface area contributed by atoms with Gasteiger partial charge < -0.3 is 19.0 Å². The largest absolute Gasteiger partial charge is 0.478 e. The summed E-state index contributed by atoms with van der Waals surface area (Å²) in [5.74, 6) is -0.242. The molecule has 1 saturated carbocycles. The molecule has 174 valence electrons. The van der Waals surface area contributed by atoms with Crippen molar-refractivity contribution in [1.29, 1.82) is 0 Å². The summed E-state index contributed by atoms with van der Waals surface area (Å²) in [5.41, 5.74) is 3.02. The lowest BCUT2D eigenvalue weighted by molar-refractivity contribution is -0.0564. The highest BCUT2D eigenvalue weighted by atomic mass is 19.1. The van der Waals surface area contributed by atoms with Crippen molar-refractivity contribution in [3.63, 3.8) is 0 Å². The van der Waals surface area contributed by atoms with Gasteiger partial charge in [-0.3, -0.25) is 0 Å². The van der Waals surface area contributed by atoms with Gasteiger partial charge in [-0.05, 0) is 68.9 Å². The molecule has 0 amide bonds. The molecule has 0 spiro atoms. The first-order valence-corrected chi connectivity index (χ1v) is 11.2. The molecule has 1 heterocycles. The Morgan fingerprint density at radius 3 is 2.58 bits per heavy atom. The first-order chi connectivity index (χ1) is 15.9. The Bertz CT molecular complexity index is 1130. The summed E-state index contributed by atoms with van der Waals surface area (Å²) in [6.07, 6.45) is 3.59. The van der Waals surface area contributed by atoms with Gasteiger partial charge in [0, 0.05) is 5.56 Å². The van der Waals surface area contributed by atoms with Gasteiger partial charge in [0.15, 0.2) is 0 Å². The SMILES string of the molecule is Cc1cccc(CO[C@@H]2CCC[C@H](OCc3nc(-c4cccc(F)c4)oc3C)C2)c1C(=O)O. The number of carbonyl (C=O) groups is 1. The fourth-order valence-corrected chi connectivity index (χ4v) is 4.27. The topological polar surface area (TPSA) is 81.8 Å². The van der Waals surface area contributed by atoms with Crippen LogP contribution in [0.3, 0.4) is 0 Å². The molecule has 4 rings (SSSR count). The maximum Gasteiger partial charge on any atom is 0.336 e. The summed E-state index contributed by atoms with van der Waals surface area (Å²) in [7, 11) is 0. The lowest BCUT2D eigenvalue weighted by Gasteiger charge is -2.29. The van der Waals surface area contributed by atoms with Crippen molar-refractivity contribution in [2.24, 2.45) is 0 Å². The highest BCUT2D eigenvalue weighted by Crippen LogP contribution is 2.28. The first-order valence-electron chi connectivity index (χ1n) is 11.2. The third-order valence-corrected chi connectivity index (χ3v) is 6.05. The molecule has 0 unspecified atom stereocenters. The highest BCUT2D eigenvalue weighted by molar-refractivity contribution is 5.91.